The van der Waals surface area contributed by atoms with Gasteiger partial charge in [-0.05, 0) is 38.3 Å². The van der Waals surface area contributed by atoms with Gasteiger partial charge in [-0.3, -0.25) is 0 Å². The normalized spacial score (nSPS) is 12.8. The molecule has 1 aromatic carbocycles. The van der Waals surface area contributed by atoms with Gasteiger partial charge in [-0.1, -0.05) is 12.1 Å². The second-order valence-corrected chi connectivity index (χ2v) is 7.18. The van der Waals surface area contributed by atoms with Gasteiger partial charge in [0.1, 0.15) is 11.9 Å². The molecular weight excluding hydrogens is 336 g/mol. The first-order chi connectivity index (χ1) is 12.2. The Hall–Kier alpha value is -1.83. The van der Waals surface area contributed by atoms with Crippen molar-refractivity contribution in [3.8, 4) is 0 Å². The first-order valence-electron chi connectivity index (χ1n) is 8.62. The van der Waals surface area contributed by atoms with E-state index in [1.807, 2.05) is 10.7 Å². The minimum atomic E-state index is -0.648. The predicted molar refractivity (Wildman–Crippen MR) is 98.8 cm³/mol. The lowest BCUT2D eigenvalue weighted by molar-refractivity contribution is 0.177. The zero-order chi connectivity index (χ0) is 17.6. The number of aryl methyl sites for hydroxylation is 2. The molecule has 1 unspecified atom stereocenters. The van der Waals surface area contributed by atoms with Crippen LogP contribution in [0, 0.1) is 0 Å². The molecule has 0 fully saturated rings. The Kier molecular flexibility index (Phi) is 6.12. The minimum Gasteiger partial charge on any atom is -0.385 e. The number of hydrogen-bond donors (Lipinski definition) is 1. The number of aliphatic hydroxyl groups is 1. The van der Waals surface area contributed by atoms with Gasteiger partial charge in [0.05, 0.1) is 28.4 Å². The van der Waals surface area contributed by atoms with Gasteiger partial charge in [-0.15, -0.1) is 11.3 Å². The van der Waals surface area contributed by atoms with E-state index in [0.717, 1.165) is 37.0 Å². The van der Waals surface area contributed by atoms with Crippen molar-refractivity contribution in [3.05, 3.63) is 40.9 Å². The van der Waals surface area contributed by atoms with Crippen molar-refractivity contribution in [2.24, 2.45) is 0 Å². The molecule has 2 aromatic heterocycles. The summed E-state index contributed by atoms with van der Waals surface area (Å²) in [7, 11) is 1.67. The number of aromatic nitrogens is 4. The standard InChI is InChI=1S/C18H24N4O2S/c1-13(23)18-20-16(22(21-18)11-12-24-2)9-5-6-10-17-19-14-7-3-4-8-15(14)25-17/h3-4,7-8,13,23H,5-6,9-12H2,1-2H3. The minimum absolute atomic E-state index is 0.484. The van der Waals surface area contributed by atoms with Crippen molar-refractivity contribution in [2.45, 2.75) is 45.3 Å². The molecule has 0 radical (unpaired) electrons. The Morgan fingerprint density at radius 2 is 2.00 bits per heavy atom. The Morgan fingerprint density at radius 3 is 2.76 bits per heavy atom. The van der Waals surface area contributed by atoms with E-state index in [2.05, 4.69) is 33.3 Å². The topological polar surface area (TPSA) is 73.1 Å². The van der Waals surface area contributed by atoms with Crippen LogP contribution in [0.15, 0.2) is 24.3 Å². The van der Waals surface area contributed by atoms with Gasteiger partial charge in [0.2, 0.25) is 0 Å². The van der Waals surface area contributed by atoms with E-state index in [1.165, 1.54) is 9.71 Å². The summed E-state index contributed by atoms with van der Waals surface area (Å²) in [5.41, 5.74) is 1.09. The number of para-hydroxylation sites is 1. The fraction of sp³-hybridized carbons (Fsp3) is 0.500. The summed E-state index contributed by atoms with van der Waals surface area (Å²) < 4.78 is 8.22. The summed E-state index contributed by atoms with van der Waals surface area (Å²) in [5, 5.41) is 15.3. The van der Waals surface area contributed by atoms with Crippen molar-refractivity contribution < 1.29 is 9.84 Å². The number of thiazole rings is 1. The van der Waals surface area contributed by atoms with Crippen molar-refractivity contribution in [3.63, 3.8) is 0 Å². The second-order valence-electron chi connectivity index (χ2n) is 6.06. The van der Waals surface area contributed by atoms with Crippen molar-refractivity contribution >= 4 is 21.6 Å². The molecule has 0 saturated heterocycles. The largest absolute Gasteiger partial charge is 0.385 e. The highest BCUT2D eigenvalue weighted by Gasteiger charge is 2.13. The Bertz CT molecular complexity index is 779. The smallest absolute Gasteiger partial charge is 0.179 e. The molecule has 0 amide bonds. The van der Waals surface area contributed by atoms with Crippen molar-refractivity contribution in [1.29, 1.82) is 0 Å². The van der Waals surface area contributed by atoms with Crippen LogP contribution >= 0.6 is 11.3 Å². The second kappa shape index (κ2) is 8.51. The Balaban J connectivity index is 1.55. The molecular formula is C18H24N4O2S. The van der Waals surface area contributed by atoms with Crippen LogP contribution in [0.2, 0.25) is 0 Å². The fourth-order valence-electron chi connectivity index (χ4n) is 2.70. The fourth-order valence-corrected chi connectivity index (χ4v) is 3.71. The summed E-state index contributed by atoms with van der Waals surface area (Å²) in [6.07, 6.45) is 3.25. The van der Waals surface area contributed by atoms with E-state index < -0.39 is 6.10 Å². The first-order valence-corrected chi connectivity index (χ1v) is 9.44. The van der Waals surface area contributed by atoms with Crippen LogP contribution in [0.4, 0.5) is 0 Å². The van der Waals surface area contributed by atoms with E-state index in [9.17, 15) is 5.11 Å². The average molecular weight is 360 g/mol. The molecule has 0 saturated carbocycles. The maximum Gasteiger partial charge on any atom is 0.179 e. The van der Waals surface area contributed by atoms with Crippen LogP contribution in [0.5, 0.6) is 0 Å². The zero-order valence-electron chi connectivity index (χ0n) is 14.7. The molecule has 0 aliphatic heterocycles. The summed E-state index contributed by atoms with van der Waals surface area (Å²) in [6, 6.07) is 8.26. The quantitative estimate of drug-likeness (QED) is 0.594. The molecule has 1 atom stereocenters. The highest BCUT2D eigenvalue weighted by Crippen LogP contribution is 2.23. The van der Waals surface area contributed by atoms with E-state index in [4.69, 9.17) is 4.74 Å². The van der Waals surface area contributed by atoms with E-state index in [1.54, 1.807) is 25.4 Å². The van der Waals surface area contributed by atoms with Crippen LogP contribution in [0.3, 0.4) is 0 Å². The number of fused-ring (bicyclic) bond motifs is 1. The number of benzene rings is 1. The van der Waals surface area contributed by atoms with Gasteiger partial charge < -0.3 is 9.84 Å². The van der Waals surface area contributed by atoms with Crippen molar-refractivity contribution in [1.82, 2.24) is 19.7 Å². The number of aliphatic hydroxyl groups excluding tert-OH is 1. The summed E-state index contributed by atoms with van der Waals surface area (Å²) in [6.45, 7) is 2.93. The lowest BCUT2D eigenvalue weighted by Crippen LogP contribution is -2.10. The summed E-state index contributed by atoms with van der Waals surface area (Å²) in [4.78, 5) is 9.15. The Labute approximate surface area is 151 Å². The molecule has 134 valence electrons. The Morgan fingerprint density at radius 1 is 1.20 bits per heavy atom. The van der Waals surface area contributed by atoms with Gasteiger partial charge in [0.15, 0.2) is 5.82 Å². The van der Waals surface area contributed by atoms with E-state index >= 15 is 0 Å². The summed E-state index contributed by atoms with van der Waals surface area (Å²) >= 11 is 1.77. The maximum atomic E-state index is 9.70. The van der Waals surface area contributed by atoms with Gasteiger partial charge in [-0.2, -0.15) is 5.10 Å². The first kappa shape index (κ1) is 18.0. The number of unbranched alkanes of at least 4 members (excludes halogenated alkanes) is 1. The molecule has 0 aliphatic rings. The zero-order valence-corrected chi connectivity index (χ0v) is 15.5. The molecule has 6 nitrogen and oxygen atoms in total. The average Bonchev–Trinajstić information content (AvgIpc) is 3.20. The lowest BCUT2D eigenvalue weighted by atomic mass is 10.2. The molecule has 2 heterocycles. The highest BCUT2D eigenvalue weighted by atomic mass is 32.1. The van der Waals surface area contributed by atoms with Crippen LogP contribution < -0.4 is 0 Å². The van der Waals surface area contributed by atoms with Crippen LogP contribution in [-0.4, -0.2) is 38.6 Å². The van der Waals surface area contributed by atoms with Gasteiger partial charge in [0.25, 0.3) is 0 Å². The van der Waals surface area contributed by atoms with E-state index in [-0.39, 0.29) is 0 Å². The third kappa shape index (κ3) is 4.62. The highest BCUT2D eigenvalue weighted by molar-refractivity contribution is 7.18. The maximum absolute atomic E-state index is 9.70. The SMILES string of the molecule is COCCn1nc(C(C)O)nc1CCCCc1nc2ccccc2s1. The van der Waals surface area contributed by atoms with Crippen molar-refractivity contribution in [2.75, 3.05) is 13.7 Å². The molecule has 25 heavy (non-hydrogen) atoms. The van der Waals surface area contributed by atoms with E-state index in [0.29, 0.717) is 19.0 Å². The third-order valence-electron chi connectivity index (χ3n) is 4.02. The molecule has 0 bridgehead atoms. The number of methoxy groups -OCH3 is 1. The monoisotopic (exact) mass is 360 g/mol. The molecule has 3 rings (SSSR count). The van der Waals surface area contributed by atoms with Crippen LogP contribution in [0.25, 0.3) is 10.2 Å². The van der Waals surface area contributed by atoms with Crippen LogP contribution in [-0.2, 0) is 24.1 Å². The number of rotatable bonds is 9. The third-order valence-corrected chi connectivity index (χ3v) is 5.12. The lowest BCUT2D eigenvalue weighted by Gasteiger charge is -2.04. The molecule has 0 aliphatic carbocycles. The molecule has 1 N–H and O–H groups in total. The predicted octanol–water partition coefficient (Wildman–Crippen LogP) is 3.15. The number of ether oxygens (including phenoxy) is 1. The molecule has 7 heteroatoms. The van der Waals surface area contributed by atoms with Crippen LogP contribution in [0.1, 0.15) is 42.5 Å². The van der Waals surface area contributed by atoms with Gasteiger partial charge in [0, 0.05) is 13.5 Å². The molecule has 3 aromatic rings. The molecule has 0 spiro atoms. The summed E-state index contributed by atoms with van der Waals surface area (Å²) in [5.74, 6) is 1.40. The van der Waals surface area contributed by atoms with Gasteiger partial charge in [-0.25, -0.2) is 14.6 Å². The number of hydrogen-bond acceptors (Lipinski definition) is 6. The van der Waals surface area contributed by atoms with Gasteiger partial charge >= 0.3 is 0 Å². The number of nitrogens with zero attached hydrogens (tertiary/aromatic N) is 4.